The second kappa shape index (κ2) is 9.71. The van der Waals surface area contributed by atoms with Crippen LogP contribution in [0.4, 0.5) is 0 Å². The monoisotopic (exact) mass is 560 g/mol. The molecule has 0 atom stereocenters. The van der Waals surface area contributed by atoms with E-state index in [9.17, 15) is 15.8 Å². The van der Waals surface area contributed by atoms with E-state index in [4.69, 9.17) is 0 Å². The standard InChI is InChI=1S/C38H20N6/c39-21-24-9-11-30-28-5-1-3-7-32(28)43(34(30)17-24)36-19-26(23-41)20-37(38(36)27-13-15-42-16-14-27)44-33-8-4-2-6-29(33)31-12-10-25(22-40)18-35(31)44/h1-20H. The van der Waals surface area contributed by atoms with Crippen LogP contribution >= 0.6 is 0 Å². The summed E-state index contributed by atoms with van der Waals surface area (Å²) in [5.41, 5.74) is 8.66. The summed E-state index contributed by atoms with van der Waals surface area (Å²) in [6.45, 7) is 0. The third-order valence-corrected chi connectivity index (χ3v) is 8.28. The lowest BCUT2D eigenvalue weighted by atomic mass is 9.99. The number of pyridine rings is 1. The summed E-state index contributed by atoms with van der Waals surface area (Å²) < 4.78 is 4.31. The van der Waals surface area contributed by atoms with Gasteiger partial charge in [-0.15, -0.1) is 0 Å². The van der Waals surface area contributed by atoms with E-state index in [-0.39, 0.29) is 0 Å². The highest BCUT2D eigenvalue weighted by molar-refractivity contribution is 6.12. The van der Waals surface area contributed by atoms with Gasteiger partial charge in [0.25, 0.3) is 0 Å². The van der Waals surface area contributed by atoms with Crippen LogP contribution in [0.2, 0.25) is 0 Å². The lowest BCUT2D eigenvalue weighted by molar-refractivity contribution is 1.13. The smallest absolute Gasteiger partial charge is 0.0993 e. The second-order valence-electron chi connectivity index (χ2n) is 10.6. The van der Waals surface area contributed by atoms with Crippen molar-refractivity contribution in [3.05, 3.63) is 138 Å². The number of hydrogen-bond acceptors (Lipinski definition) is 4. The van der Waals surface area contributed by atoms with Gasteiger partial charge in [0.2, 0.25) is 0 Å². The van der Waals surface area contributed by atoms with Gasteiger partial charge in [-0.25, -0.2) is 0 Å². The molecule has 8 aromatic rings. The van der Waals surface area contributed by atoms with Crippen LogP contribution in [0, 0.1) is 34.0 Å². The molecule has 0 saturated carbocycles. The van der Waals surface area contributed by atoms with E-state index in [1.54, 1.807) is 12.4 Å². The average molecular weight is 561 g/mol. The number of aromatic nitrogens is 3. The average Bonchev–Trinajstić information content (AvgIpc) is 3.59. The Morgan fingerprint density at radius 3 is 1.39 bits per heavy atom. The first kappa shape index (κ1) is 25.1. The van der Waals surface area contributed by atoms with Crippen LogP contribution in [0.3, 0.4) is 0 Å². The molecule has 0 unspecified atom stereocenters. The van der Waals surface area contributed by atoms with E-state index >= 15 is 0 Å². The lowest BCUT2D eigenvalue weighted by Gasteiger charge is -2.20. The molecule has 202 valence electrons. The Morgan fingerprint density at radius 2 is 0.909 bits per heavy atom. The van der Waals surface area contributed by atoms with Crippen molar-refractivity contribution in [1.29, 1.82) is 15.8 Å². The molecule has 0 saturated heterocycles. The minimum absolute atomic E-state index is 0.484. The predicted octanol–water partition coefficient (Wildman–Crippen LogP) is 8.56. The van der Waals surface area contributed by atoms with E-state index in [0.717, 1.165) is 66.1 Å². The van der Waals surface area contributed by atoms with Gasteiger partial charge in [-0.1, -0.05) is 48.5 Å². The number of hydrogen-bond donors (Lipinski definition) is 0. The number of rotatable bonds is 3. The van der Waals surface area contributed by atoms with Crippen molar-refractivity contribution in [1.82, 2.24) is 14.1 Å². The van der Waals surface area contributed by atoms with E-state index in [0.29, 0.717) is 16.7 Å². The molecule has 8 rings (SSSR count). The van der Waals surface area contributed by atoms with Gasteiger partial charge < -0.3 is 9.13 Å². The SMILES string of the molecule is N#Cc1cc(-n2c3ccccc3c3ccc(C#N)cc32)c(-c2ccncc2)c(-n2c3ccccc3c3ccc(C#N)cc32)c1. The lowest BCUT2D eigenvalue weighted by Crippen LogP contribution is -2.05. The Hall–Kier alpha value is -6.68. The Labute approximate surface area is 252 Å². The zero-order chi connectivity index (χ0) is 29.8. The number of para-hydroxylation sites is 2. The molecule has 3 aromatic heterocycles. The van der Waals surface area contributed by atoms with Gasteiger partial charge in [0.05, 0.1) is 68.3 Å². The minimum atomic E-state index is 0.484. The molecule has 0 N–H and O–H groups in total. The number of benzene rings is 5. The molecule has 5 aromatic carbocycles. The molecular weight excluding hydrogens is 540 g/mol. The summed E-state index contributed by atoms with van der Waals surface area (Å²) in [4.78, 5) is 4.30. The fourth-order valence-corrected chi connectivity index (χ4v) is 6.44. The maximum atomic E-state index is 10.4. The molecule has 0 bridgehead atoms. The minimum Gasteiger partial charge on any atom is -0.308 e. The molecule has 0 aliphatic heterocycles. The predicted molar refractivity (Wildman–Crippen MR) is 172 cm³/mol. The largest absolute Gasteiger partial charge is 0.308 e. The molecule has 6 heteroatoms. The highest BCUT2D eigenvalue weighted by Crippen LogP contribution is 2.42. The Balaban J connectivity index is 1.61. The highest BCUT2D eigenvalue weighted by Gasteiger charge is 2.23. The van der Waals surface area contributed by atoms with E-state index in [2.05, 4.69) is 56.6 Å². The first-order valence-corrected chi connectivity index (χ1v) is 14.1. The fraction of sp³-hybridized carbons (Fsp3) is 0. The van der Waals surface area contributed by atoms with Gasteiger partial charge in [-0.05, 0) is 66.2 Å². The highest BCUT2D eigenvalue weighted by atomic mass is 15.0. The number of nitrogens with zero attached hydrogens (tertiary/aromatic N) is 6. The van der Waals surface area contributed by atoms with Crippen molar-refractivity contribution in [2.45, 2.75) is 0 Å². The van der Waals surface area contributed by atoms with E-state index in [1.807, 2.05) is 84.9 Å². The van der Waals surface area contributed by atoms with Gasteiger partial charge >= 0.3 is 0 Å². The van der Waals surface area contributed by atoms with E-state index in [1.165, 1.54) is 0 Å². The number of fused-ring (bicyclic) bond motifs is 6. The zero-order valence-corrected chi connectivity index (χ0v) is 23.2. The van der Waals surface area contributed by atoms with E-state index < -0.39 is 0 Å². The van der Waals surface area contributed by atoms with Crippen LogP contribution in [-0.4, -0.2) is 14.1 Å². The van der Waals surface area contributed by atoms with Crippen LogP contribution in [0.25, 0.3) is 66.1 Å². The summed E-state index contributed by atoms with van der Waals surface area (Å²) in [6, 6.07) is 42.5. The molecule has 3 heterocycles. The molecule has 0 radical (unpaired) electrons. The zero-order valence-electron chi connectivity index (χ0n) is 23.2. The topological polar surface area (TPSA) is 94.1 Å². The molecule has 0 aliphatic carbocycles. The summed E-state index contributed by atoms with van der Waals surface area (Å²) >= 11 is 0. The summed E-state index contributed by atoms with van der Waals surface area (Å²) in [5, 5.41) is 34.2. The van der Waals surface area contributed by atoms with Gasteiger partial charge in [0, 0.05) is 39.5 Å². The molecule has 6 nitrogen and oxygen atoms in total. The van der Waals surface area contributed by atoms with Crippen LogP contribution in [0.5, 0.6) is 0 Å². The normalized spacial score (nSPS) is 11.1. The van der Waals surface area contributed by atoms with Crippen LogP contribution in [0.1, 0.15) is 16.7 Å². The fourth-order valence-electron chi connectivity index (χ4n) is 6.44. The van der Waals surface area contributed by atoms with Crippen molar-refractivity contribution in [3.8, 4) is 40.7 Å². The van der Waals surface area contributed by atoms with Crippen molar-refractivity contribution < 1.29 is 0 Å². The Morgan fingerprint density at radius 1 is 0.455 bits per heavy atom. The molecular formula is C38H20N6. The molecule has 44 heavy (non-hydrogen) atoms. The van der Waals surface area contributed by atoms with Crippen molar-refractivity contribution in [2.24, 2.45) is 0 Å². The molecule has 0 spiro atoms. The first-order valence-electron chi connectivity index (χ1n) is 14.1. The summed E-state index contributed by atoms with van der Waals surface area (Å²) in [6.07, 6.45) is 3.53. The summed E-state index contributed by atoms with van der Waals surface area (Å²) in [7, 11) is 0. The van der Waals surface area contributed by atoms with Crippen LogP contribution < -0.4 is 0 Å². The molecule has 0 amide bonds. The van der Waals surface area contributed by atoms with Crippen molar-refractivity contribution in [3.63, 3.8) is 0 Å². The third kappa shape index (κ3) is 3.61. The quantitative estimate of drug-likeness (QED) is 0.216. The second-order valence-corrected chi connectivity index (χ2v) is 10.6. The number of nitriles is 3. The van der Waals surface area contributed by atoms with Gasteiger partial charge in [0.15, 0.2) is 0 Å². The maximum Gasteiger partial charge on any atom is 0.0993 e. The van der Waals surface area contributed by atoms with Gasteiger partial charge in [0.1, 0.15) is 0 Å². The Kier molecular flexibility index (Phi) is 5.53. The van der Waals surface area contributed by atoms with Gasteiger partial charge in [-0.2, -0.15) is 15.8 Å². The van der Waals surface area contributed by atoms with Crippen molar-refractivity contribution in [2.75, 3.05) is 0 Å². The third-order valence-electron chi connectivity index (χ3n) is 8.28. The molecule has 0 fully saturated rings. The van der Waals surface area contributed by atoms with Gasteiger partial charge in [-0.3, -0.25) is 4.98 Å². The van der Waals surface area contributed by atoms with Crippen LogP contribution in [-0.2, 0) is 0 Å². The van der Waals surface area contributed by atoms with Crippen LogP contribution in [0.15, 0.2) is 122 Å². The molecule has 0 aliphatic rings. The maximum absolute atomic E-state index is 10.4. The van der Waals surface area contributed by atoms with Crippen molar-refractivity contribution >= 4 is 43.6 Å². The Bertz CT molecular complexity index is 2430. The summed E-state index contributed by atoms with van der Waals surface area (Å²) in [5.74, 6) is 0. The first-order chi connectivity index (χ1) is 21.7.